The molecule has 0 aliphatic carbocycles. The minimum atomic E-state index is -0.116. The van der Waals surface area contributed by atoms with E-state index in [4.69, 9.17) is 26.8 Å². The first-order valence-electron chi connectivity index (χ1n) is 10.8. The van der Waals surface area contributed by atoms with Gasteiger partial charge in [-0.15, -0.1) is 0 Å². The molecule has 0 saturated carbocycles. The number of nitrogens with zero attached hydrogens (tertiary/aromatic N) is 3. The van der Waals surface area contributed by atoms with E-state index in [0.29, 0.717) is 29.0 Å². The molecule has 0 atom stereocenters. The molecule has 3 aromatic rings. The number of amides is 1. The van der Waals surface area contributed by atoms with Gasteiger partial charge in [-0.3, -0.25) is 9.69 Å². The van der Waals surface area contributed by atoms with Crippen LogP contribution >= 0.6 is 24.0 Å². The number of carbonyl (C=O) groups is 1. The van der Waals surface area contributed by atoms with Gasteiger partial charge in [0, 0.05) is 24.4 Å². The summed E-state index contributed by atoms with van der Waals surface area (Å²) in [7, 11) is 1.60. The van der Waals surface area contributed by atoms with Crippen molar-refractivity contribution in [2.75, 3.05) is 26.9 Å². The maximum atomic E-state index is 13.0. The van der Waals surface area contributed by atoms with Gasteiger partial charge in [0.05, 0.1) is 23.7 Å². The summed E-state index contributed by atoms with van der Waals surface area (Å²) >= 11 is 6.73. The van der Waals surface area contributed by atoms with Crippen LogP contribution in [-0.4, -0.2) is 51.8 Å². The predicted molar refractivity (Wildman–Crippen MR) is 141 cm³/mol. The minimum absolute atomic E-state index is 0.116. The van der Waals surface area contributed by atoms with Gasteiger partial charge in [-0.1, -0.05) is 54.8 Å². The number of ether oxygens (including phenoxy) is 2. The summed E-state index contributed by atoms with van der Waals surface area (Å²) in [5.74, 6) is 0.682. The lowest BCUT2D eigenvalue weighted by Gasteiger charge is -2.12. The Kier molecular flexibility index (Phi) is 7.62. The molecular formula is C26H25N3O3S2. The number of aryl methyl sites for hydroxylation is 1. The number of rotatable bonds is 9. The van der Waals surface area contributed by atoms with Gasteiger partial charge in [-0.25, -0.2) is 4.68 Å². The van der Waals surface area contributed by atoms with Crippen molar-refractivity contribution in [3.63, 3.8) is 0 Å². The highest BCUT2D eigenvalue weighted by Gasteiger charge is 2.32. The van der Waals surface area contributed by atoms with Gasteiger partial charge >= 0.3 is 0 Å². The first-order valence-corrected chi connectivity index (χ1v) is 12.0. The lowest BCUT2D eigenvalue weighted by molar-refractivity contribution is -0.122. The Balaban J connectivity index is 1.75. The lowest BCUT2D eigenvalue weighted by Crippen LogP contribution is -2.31. The topological polar surface area (TPSA) is 56.6 Å². The molecule has 1 fully saturated rings. The van der Waals surface area contributed by atoms with E-state index in [1.54, 1.807) is 18.1 Å². The first kappa shape index (κ1) is 23.9. The number of benzene rings is 2. The molecule has 1 saturated heterocycles. The molecule has 6 nitrogen and oxygen atoms in total. The van der Waals surface area contributed by atoms with E-state index in [9.17, 15) is 4.79 Å². The highest BCUT2D eigenvalue weighted by Crippen LogP contribution is 2.35. The fourth-order valence-electron chi connectivity index (χ4n) is 3.55. The summed E-state index contributed by atoms with van der Waals surface area (Å²) in [5.41, 5.74) is 4.45. The number of carbonyl (C=O) groups excluding carboxylic acids is 1. The third kappa shape index (κ3) is 5.14. The normalized spacial score (nSPS) is 14.8. The summed E-state index contributed by atoms with van der Waals surface area (Å²) < 4.78 is 13.2. The summed E-state index contributed by atoms with van der Waals surface area (Å²) in [5, 5.41) is 4.87. The summed E-state index contributed by atoms with van der Waals surface area (Å²) in [6, 6.07) is 15.8. The summed E-state index contributed by atoms with van der Waals surface area (Å²) in [6.07, 6.45) is 5.52. The molecule has 1 aromatic heterocycles. The van der Waals surface area contributed by atoms with Crippen molar-refractivity contribution in [3.8, 4) is 22.7 Å². The number of thioether (sulfide) groups is 1. The molecule has 0 unspecified atom stereocenters. The standard InChI is InChI=1S/C26H25N3O3S2/c1-4-13-32-22-11-10-19(15-18(22)2)24-20(17-29(27-24)21-8-6-5-7-9-21)16-23-25(30)28(12-14-31-3)26(33)34-23/h4-11,15-17H,1,12-14H2,2-3H3/b23-16+. The second-order valence-corrected chi connectivity index (χ2v) is 9.30. The number of methoxy groups -OCH3 is 1. The molecule has 34 heavy (non-hydrogen) atoms. The zero-order chi connectivity index (χ0) is 24.1. The van der Waals surface area contributed by atoms with Crippen LogP contribution in [-0.2, 0) is 9.53 Å². The second-order valence-electron chi connectivity index (χ2n) is 7.62. The second kappa shape index (κ2) is 10.8. The van der Waals surface area contributed by atoms with Crippen LogP contribution in [0.2, 0.25) is 0 Å². The number of para-hydroxylation sites is 1. The maximum Gasteiger partial charge on any atom is 0.266 e. The SMILES string of the molecule is C=CCOc1ccc(-c2nn(-c3ccccc3)cc2/C=C2/SC(=S)N(CCOC)C2=O)cc1C. The molecule has 4 rings (SSSR count). The van der Waals surface area contributed by atoms with Crippen LogP contribution in [0.25, 0.3) is 23.0 Å². The van der Waals surface area contributed by atoms with Gasteiger partial charge < -0.3 is 9.47 Å². The van der Waals surface area contributed by atoms with E-state index in [2.05, 4.69) is 6.58 Å². The molecule has 0 bridgehead atoms. The molecule has 1 aliphatic rings. The molecule has 2 heterocycles. The van der Waals surface area contributed by atoms with E-state index < -0.39 is 0 Å². The van der Waals surface area contributed by atoms with E-state index in [0.717, 1.165) is 33.8 Å². The van der Waals surface area contributed by atoms with Gasteiger partial charge in [0.25, 0.3) is 5.91 Å². The van der Waals surface area contributed by atoms with Crippen molar-refractivity contribution in [2.45, 2.75) is 6.92 Å². The van der Waals surface area contributed by atoms with Crippen molar-refractivity contribution in [1.82, 2.24) is 14.7 Å². The fourth-order valence-corrected chi connectivity index (χ4v) is 4.85. The van der Waals surface area contributed by atoms with Crippen molar-refractivity contribution < 1.29 is 14.3 Å². The fraction of sp³-hybridized carbons (Fsp3) is 0.192. The summed E-state index contributed by atoms with van der Waals surface area (Å²) in [6.45, 7) is 7.00. The van der Waals surface area contributed by atoms with Crippen molar-refractivity contribution in [2.24, 2.45) is 0 Å². The van der Waals surface area contributed by atoms with Gasteiger partial charge in [0.2, 0.25) is 0 Å². The van der Waals surface area contributed by atoms with Gasteiger partial charge in [-0.2, -0.15) is 5.10 Å². The average Bonchev–Trinajstić information content (AvgIpc) is 3.38. The number of aromatic nitrogens is 2. The third-order valence-electron chi connectivity index (χ3n) is 5.25. The van der Waals surface area contributed by atoms with E-state index >= 15 is 0 Å². The Morgan fingerprint density at radius 1 is 1.21 bits per heavy atom. The molecule has 1 amide bonds. The zero-order valence-corrected chi connectivity index (χ0v) is 20.7. The number of hydrogen-bond acceptors (Lipinski definition) is 6. The highest BCUT2D eigenvalue weighted by molar-refractivity contribution is 8.26. The van der Waals surface area contributed by atoms with Gasteiger partial charge in [-0.05, 0) is 48.9 Å². The molecule has 174 valence electrons. The Bertz CT molecular complexity index is 1250. The largest absolute Gasteiger partial charge is 0.489 e. The average molecular weight is 492 g/mol. The molecule has 8 heteroatoms. The maximum absolute atomic E-state index is 13.0. The van der Waals surface area contributed by atoms with Crippen LogP contribution in [0.15, 0.2) is 72.3 Å². The first-order chi connectivity index (χ1) is 16.5. The van der Waals surface area contributed by atoms with Crippen LogP contribution < -0.4 is 4.74 Å². The molecule has 0 radical (unpaired) electrons. The zero-order valence-electron chi connectivity index (χ0n) is 19.1. The number of thiocarbonyl (C=S) groups is 1. The lowest BCUT2D eigenvalue weighted by atomic mass is 10.0. The Labute approximate surface area is 208 Å². The van der Waals surface area contributed by atoms with E-state index in [-0.39, 0.29) is 5.91 Å². The van der Waals surface area contributed by atoms with Gasteiger partial charge in [0.1, 0.15) is 22.4 Å². The Morgan fingerprint density at radius 3 is 2.71 bits per heavy atom. The van der Waals surface area contributed by atoms with Crippen LogP contribution in [0.5, 0.6) is 5.75 Å². The molecule has 0 N–H and O–H groups in total. The Hall–Kier alpha value is -3.20. The molecule has 0 spiro atoms. The van der Waals surface area contributed by atoms with Crippen LogP contribution in [0, 0.1) is 6.92 Å². The van der Waals surface area contributed by atoms with Crippen LogP contribution in [0.4, 0.5) is 0 Å². The van der Waals surface area contributed by atoms with Crippen molar-refractivity contribution in [3.05, 3.63) is 83.4 Å². The highest BCUT2D eigenvalue weighted by atomic mass is 32.2. The number of hydrogen-bond donors (Lipinski definition) is 0. The molecular weight excluding hydrogens is 466 g/mol. The van der Waals surface area contributed by atoms with Crippen LogP contribution in [0.1, 0.15) is 11.1 Å². The van der Waals surface area contributed by atoms with E-state index in [1.165, 1.54) is 11.8 Å². The molecule has 2 aromatic carbocycles. The van der Waals surface area contributed by atoms with Crippen molar-refractivity contribution in [1.29, 1.82) is 0 Å². The van der Waals surface area contributed by atoms with Crippen molar-refractivity contribution >= 4 is 40.3 Å². The third-order valence-corrected chi connectivity index (χ3v) is 6.63. The minimum Gasteiger partial charge on any atom is -0.489 e. The smallest absolute Gasteiger partial charge is 0.266 e. The van der Waals surface area contributed by atoms with E-state index in [1.807, 2.05) is 72.4 Å². The van der Waals surface area contributed by atoms with Gasteiger partial charge in [0.15, 0.2) is 0 Å². The summed E-state index contributed by atoms with van der Waals surface area (Å²) in [4.78, 5) is 15.1. The monoisotopic (exact) mass is 491 g/mol. The Morgan fingerprint density at radius 2 is 2.00 bits per heavy atom. The van der Waals surface area contributed by atoms with Crippen LogP contribution in [0.3, 0.4) is 0 Å². The predicted octanol–water partition coefficient (Wildman–Crippen LogP) is 5.26. The quantitative estimate of drug-likeness (QED) is 0.231. The molecule has 1 aliphatic heterocycles.